The minimum Gasteiger partial charge on any atom is -0.454 e. The van der Waals surface area contributed by atoms with E-state index in [2.05, 4.69) is 6.92 Å². The lowest BCUT2D eigenvalue weighted by molar-refractivity contribution is 0.174. The second kappa shape index (κ2) is 3.88. The number of fused-ring (bicyclic) bond motifs is 1. The zero-order chi connectivity index (χ0) is 9.97. The molecule has 0 bridgehead atoms. The summed E-state index contributed by atoms with van der Waals surface area (Å²) in [6, 6.07) is 5.93. The number of hydrogen-bond acceptors (Lipinski definition) is 3. The average molecular weight is 194 g/mol. The first-order chi connectivity index (χ1) is 6.81. The highest BCUT2D eigenvalue weighted by atomic mass is 16.7. The summed E-state index contributed by atoms with van der Waals surface area (Å²) in [7, 11) is 0. The lowest BCUT2D eigenvalue weighted by Crippen LogP contribution is -1.96. The summed E-state index contributed by atoms with van der Waals surface area (Å²) < 4.78 is 10.5. The van der Waals surface area contributed by atoms with Crippen molar-refractivity contribution < 1.29 is 14.6 Å². The number of aliphatic hydroxyl groups excluding tert-OH is 1. The van der Waals surface area contributed by atoms with E-state index in [1.54, 1.807) is 0 Å². The maximum atomic E-state index is 8.84. The third-order valence-electron chi connectivity index (χ3n) is 2.53. The predicted molar refractivity (Wildman–Crippen MR) is 52.7 cm³/mol. The second-order valence-electron chi connectivity index (χ2n) is 3.53. The van der Waals surface area contributed by atoms with E-state index < -0.39 is 0 Å². The molecule has 1 aliphatic rings. The fourth-order valence-electron chi connectivity index (χ4n) is 1.58. The average Bonchev–Trinajstić information content (AvgIpc) is 2.64. The summed E-state index contributed by atoms with van der Waals surface area (Å²) in [5.41, 5.74) is 1.18. The quantitative estimate of drug-likeness (QED) is 0.798. The number of aliphatic hydroxyl groups is 1. The van der Waals surface area contributed by atoms with Gasteiger partial charge in [0.1, 0.15) is 0 Å². The molecule has 0 aliphatic carbocycles. The molecule has 0 saturated heterocycles. The van der Waals surface area contributed by atoms with E-state index in [4.69, 9.17) is 14.6 Å². The van der Waals surface area contributed by atoms with Crippen LogP contribution in [0.5, 0.6) is 11.5 Å². The molecule has 1 aromatic carbocycles. The topological polar surface area (TPSA) is 38.7 Å². The van der Waals surface area contributed by atoms with Crippen LogP contribution in [0.1, 0.15) is 24.8 Å². The Hall–Kier alpha value is -1.22. The van der Waals surface area contributed by atoms with E-state index in [0.717, 1.165) is 17.9 Å². The van der Waals surface area contributed by atoms with E-state index in [9.17, 15) is 0 Å². The van der Waals surface area contributed by atoms with Gasteiger partial charge in [-0.1, -0.05) is 13.0 Å². The van der Waals surface area contributed by atoms with E-state index in [1.807, 2.05) is 18.2 Å². The third-order valence-corrected chi connectivity index (χ3v) is 2.53. The lowest BCUT2D eigenvalue weighted by atomic mass is 9.98. The maximum absolute atomic E-state index is 8.84. The standard InChI is InChI=1S/C11H14O3/c1-8(4-5-12)9-2-3-10-11(6-9)14-7-13-10/h2-3,6,8,12H,4-5,7H2,1H3. The fourth-order valence-corrected chi connectivity index (χ4v) is 1.58. The van der Waals surface area contributed by atoms with Crippen molar-refractivity contribution in [1.29, 1.82) is 0 Å². The van der Waals surface area contributed by atoms with E-state index >= 15 is 0 Å². The first-order valence-corrected chi connectivity index (χ1v) is 4.81. The SMILES string of the molecule is CC(CCO)c1ccc2c(c1)OCO2. The van der Waals surface area contributed by atoms with E-state index in [1.165, 1.54) is 5.56 Å². The van der Waals surface area contributed by atoms with Crippen molar-refractivity contribution in [2.24, 2.45) is 0 Å². The minimum absolute atomic E-state index is 0.218. The maximum Gasteiger partial charge on any atom is 0.231 e. The Balaban J connectivity index is 2.19. The van der Waals surface area contributed by atoms with Gasteiger partial charge in [0.2, 0.25) is 6.79 Å². The van der Waals surface area contributed by atoms with Gasteiger partial charge in [0.05, 0.1) is 0 Å². The lowest BCUT2D eigenvalue weighted by Gasteiger charge is -2.10. The molecule has 0 fully saturated rings. The number of benzene rings is 1. The zero-order valence-corrected chi connectivity index (χ0v) is 8.19. The molecule has 1 atom stereocenters. The van der Waals surface area contributed by atoms with Gasteiger partial charge in [0, 0.05) is 6.61 Å². The molecule has 76 valence electrons. The first kappa shape index (κ1) is 9.34. The normalized spacial score (nSPS) is 15.6. The number of ether oxygens (including phenoxy) is 2. The minimum atomic E-state index is 0.218. The van der Waals surface area contributed by atoms with Crippen LogP contribution < -0.4 is 9.47 Å². The van der Waals surface area contributed by atoms with Crippen molar-refractivity contribution in [3.05, 3.63) is 23.8 Å². The van der Waals surface area contributed by atoms with Gasteiger partial charge in [-0.05, 0) is 30.0 Å². The second-order valence-corrected chi connectivity index (χ2v) is 3.53. The molecule has 1 heterocycles. The van der Waals surface area contributed by atoms with Crippen molar-refractivity contribution in [2.75, 3.05) is 13.4 Å². The number of rotatable bonds is 3. The highest BCUT2D eigenvalue weighted by Crippen LogP contribution is 2.35. The van der Waals surface area contributed by atoms with Gasteiger partial charge >= 0.3 is 0 Å². The molecule has 14 heavy (non-hydrogen) atoms. The Kier molecular flexibility index (Phi) is 2.59. The Morgan fingerprint density at radius 3 is 2.93 bits per heavy atom. The summed E-state index contributed by atoms with van der Waals surface area (Å²) in [6.07, 6.45) is 0.777. The van der Waals surface area contributed by atoms with Crippen molar-refractivity contribution in [1.82, 2.24) is 0 Å². The van der Waals surface area contributed by atoms with Gasteiger partial charge < -0.3 is 14.6 Å². The van der Waals surface area contributed by atoms with Crippen LogP contribution >= 0.6 is 0 Å². The summed E-state index contributed by atoms with van der Waals surface area (Å²) in [6.45, 7) is 2.62. The van der Waals surface area contributed by atoms with Crippen LogP contribution in [0.4, 0.5) is 0 Å². The molecule has 3 nitrogen and oxygen atoms in total. The highest BCUT2D eigenvalue weighted by molar-refractivity contribution is 5.45. The summed E-state index contributed by atoms with van der Waals surface area (Å²) in [5, 5.41) is 8.84. The molecule has 0 aromatic heterocycles. The van der Waals surface area contributed by atoms with Gasteiger partial charge in [-0.25, -0.2) is 0 Å². The van der Waals surface area contributed by atoms with E-state index in [-0.39, 0.29) is 6.61 Å². The van der Waals surface area contributed by atoms with Gasteiger partial charge in [-0.15, -0.1) is 0 Å². The molecule has 1 unspecified atom stereocenters. The predicted octanol–water partition coefficient (Wildman–Crippen LogP) is 1.90. The molecule has 1 aliphatic heterocycles. The molecule has 2 rings (SSSR count). The van der Waals surface area contributed by atoms with Crippen LogP contribution in [-0.4, -0.2) is 18.5 Å². The van der Waals surface area contributed by atoms with Gasteiger partial charge in [-0.2, -0.15) is 0 Å². The smallest absolute Gasteiger partial charge is 0.231 e. The van der Waals surface area contributed by atoms with Crippen LogP contribution in [0, 0.1) is 0 Å². The summed E-state index contributed by atoms with van der Waals surface area (Å²) in [5.74, 6) is 1.98. The highest BCUT2D eigenvalue weighted by Gasteiger charge is 2.15. The van der Waals surface area contributed by atoms with Gasteiger partial charge in [0.15, 0.2) is 11.5 Å². The summed E-state index contributed by atoms with van der Waals surface area (Å²) >= 11 is 0. The molecule has 3 heteroatoms. The van der Waals surface area contributed by atoms with Crippen molar-refractivity contribution in [2.45, 2.75) is 19.3 Å². The molecule has 0 amide bonds. The molecule has 1 aromatic rings. The molecular formula is C11H14O3. The van der Waals surface area contributed by atoms with E-state index in [0.29, 0.717) is 12.7 Å². The van der Waals surface area contributed by atoms with Crippen LogP contribution in [0.3, 0.4) is 0 Å². The van der Waals surface area contributed by atoms with Crippen molar-refractivity contribution in [3.63, 3.8) is 0 Å². The van der Waals surface area contributed by atoms with Crippen molar-refractivity contribution >= 4 is 0 Å². The van der Waals surface area contributed by atoms with Crippen LogP contribution in [0.15, 0.2) is 18.2 Å². The van der Waals surface area contributed by atoms with Gasteiger partial charge in [-0.3, -0.25) is 0 Å². The molecule has 1 N–H and O–H groups in total. The largest absolute Gasteiger partial charge is 0.454 e. The molecular weight excluding hydrogens is 180 g/mol. The van der Waals surface area contributed by atoms with Crippen LogP contribution in [-0.2, 0) is 0 Å². The van der Waals surface area contributed by atoms with Gasteiger partial charge in [0.25, 0.3) is 0 Å². The third kappa shape index (κ3) is 1.68. The first-order valence-electron chi connectivity index (χ1n) is 4.81. The Morgan fingerprint density at radius 1 is 1.36 bits per heavy atom. The zero-order valence-electron chi connectivity index (χ0n) is 8.19. The molecule has 0 radical (unpaired) electrons. The Bertz CT molecular complexity index is 322. The monoisotopic (exact) mass is 194 g/mol. The van der Waals surface area contributed by atoms with Crippen molar-refractivity contribution in [3.8, 4) is 11.5 Å². The van der Waals surface area contributed by atoms with Crippen LogP contribution in [0.2, 0.25) is 0 Å². The molecule has 0 saturated carbocycles. The Labute approximate surface area is 83.3 Å². The summed E-state index contributed by atoms with van der Waals surface area (Å²) in [4.78, 5) is 0. The van der Waals surface area contributed by atoms with Crippen LogP contribution in [0.25, 0.3) is 0 Å². The number of hydrogen-bond donors (Lipinski definition) is 1. The fraction of sp³-hybridized carbons (Fsp3) is 0.455. The Morgan fingerprint density at radius 2 is 2.14 bits per heavy atom. The molecule has 0 spiro atoms.